The van der Waals surface area contributed by atoms with E-state index in [2.05, 4.69) is 322 Å². The Balaban J connectivity index is 1.09. The van der Waals surface area contributed by atoms with Gasteiger partial charge in [-0.3, -0.25) is 0 Å². The minimum absolute atomic E-state index is 0.143. The van der Waals surface area contributed by atoms with E-state index in [9.17, 15) is 0 Å². The van der Waals surface area contributed by atoms with E-state index in [1.54, 1.807) is 0 Å². The van der Waals surface area contributed by atoms with E-state index in [1.807, 2.05) is 0 Å². The van der Waals surface area contributed by atoms with Crippen molar-refractivity contribution in [3.8, 4) is 66.8 Å². The molecule has 0 spiro atoms. The highest BCUT2D eigenvalue weighted by Crippen LogP contribution is 2.54. The van der Waals surface area contributed by atoms with Crippen molar-refractivity contribution >= 4 is 78.8 Å². The maximum atomic E-state index is 2.67. The standard InChI is InChI=1S/C78H57BN2/c1-78(2,3)64-50-73-75-74(51-64)81(77-67(55-29-15-7-16-30-55)37-22-38-68(77)56-31-17-8-18-32-56)72-49-62(59-39-40-60-45-57-33-19-20-34-58(57)46-63(60)47-59)41-43-69(72)79(75)70-48-61(52-23-9-4-10-24-52)42-44-71(70)80(73)76-65(53-25-11-5-12-26-53)35-21-36-66(76)54-27-13-6-14-28-54/h4-51H,1-3H3. The Morgan fingerprint density at radius 1 is 0.259 bits per heavy atom. The summed E-state index contributed by atoms with van der Waals surface area (Å²) in [6, 6.07) is 109. The lowest BCUT2D eigenvalue weighted by molar-refractivity contribution is 0.590. The first-order valence-electron chi connectivity index (χ1n) is 28.3. The van der Waals surface area contributed by atoms with E-state index in [1.165, 1.54) is 122 Å². The van der Waals surface area contributed by atoms with E-state index in [0.717, 1.165) is 22.5 Å². The van der Waals surface area contributed by atoms with Crippen molar-refractivity contribution in [1.82, 2.24) is 0 Å². The van der Waals surface area contributed by atoms with Crippen LogP contribution in [-0.4, -0.2) is 6.71 Å². The van der Waals surface area contributed by atoms with Crippen LogP contribution in [0.15, 0.2) is 291 Å². The maximum Gasteiger partial charge on any atom is 0.252 e. The Hall–Kier alpha value is -9.96. The highest BCUT2D eigenvalue weighted by atomic mass is 15.2. The summed E-state index contributed by atoms with van der Waals surface area (Å²) in [5, 5.41) is 4.96. The Morgan fingerprint density at radius 2 is 0.654 bits per heavy atom. The quantitative estimate of drug-likeness (QED) is 0.111. The average Bonchev–Trinajstić information content (AvgIpc) is 1.66. The molecular formula is C78H57BN2. The number of benzene rings is 13. The number of anilines is 6. The van der Waals surface area contributed by atoms with Gasteiger partial charge in [-0.1, -0.05) is 269 Å². The van der Waals surface area contributed by atoms with Gasteiger partial charge in [0.15, 0.2) is 0 Å². The van der Waals surface area contributed by atoms with Crippen molar-refractivity contribution in [1.29, 1.82) is 0 Å². The summed E-state index contributed by atoms with van der Waals surface area (Å²) >= 11 is 0. The summed E-state index contributed by atoms with van der Waals surface area (Å²) in [5.41, 5.74) is 25.9. The van der Waals surface area contributed by atoms with Gasteiger partial charge in [0.2, 0.25) is 0 Å². The molecule has 2 aliphatic heterocycles. The van der Waals surface area contributed by atoms with Crippen molar-refractivity contribution in [2.45, 2.75) is 26.2 Å². The molecule has 81 heavy (non-hydrogen) atoms. The Bertz CT molecular complexity index is 4430. The third-order valence-electron chi connectivity index (χ3n) is 16.9. The second kappa shape index (κ2) is 19.4. The van der Waals surface area contributed by atoms with Crippen LogP contribution in [-0.2, 0) is 5.41 Å². The van der Waals surface area contributed by atoms with Crippen LogP contribution >= 0.6 is 0 Å². The second-order valence-electron chi connectivity index (χ2n) is 22.8. The molecule has 3 heteroatoms. The average molecular weight is 1030 g/mol. The van der Waals surface area contributed by atoms with Gasteiger partial charge in [0, 0.05) is 45.0 Å². The largest absolute Gasteiger partial charge is 0.310 e. The Morgan fingerprint density at radius 3 is 1.15 bits per heavy atom. The van der Waals surface area contributed by atoms with Crippen LogP contribution < -0.4 is 26.2 Å². The topological polar surface area (TPSA) is 6.48 Å². The first-order chi connectivity index (χ1) is 39.8. The maximum absolute atomic E-state index is 2.67. The molecule has 0 N–H and O–H groups in total. The van der Waals surface area contributed by atoms with Crippen molar-refractivity contribution in [2.75, 3.05) is 9.80 Å². The van der Waals surface area contributed by atoms with Gasteiger partial charge in [-0.05, 0) is 136 Å². The zero-order valence-electron chi connectivity index (χ0n) is 45.7. The van der Waals surface area contributed by atoms with Gasteiger partial charge in [0.05, 0.1) is 11.4 Å². The first-order valence-corrected chi connectivity index (χ1v) is 28.3. The molecule has 382 valence electrons. The predicted octanol–water partition coefficient (Wildman–Crippen LogP) is 19.4. The smallest absolute Gasteiger partial charge is 0.252 e. The number of hydrogen-bond donors (Lipinski definition) is 0. The zero-order valence-corrected chi connectivity index (χ0v) is 45.7. The van der Waals surface area contributed by atoms with Crippen LogP contribution in [0.25, 0.3) is 88.3 Å². The Labute approximate surface area is 475 Å². The Kier molecular flexibility index (Phi) is 11.6. The molecule has 0 saturated carbocycles. The molecule has 0 saturated heterocycles. The molecule has 2 aliphatic rings. The van der Waals surface area contributed by atoms with Crippen molar-refractivity contribution in [3.05, 3.63) is 297 Å². The molecule has 0 aromatic heterocycles. The van der Waals surface area contributed by atoms with Crippen LogP contribution in [0.2, 0.25) is 0 Å². The number of hydrogen-bond acceptors (Lipinski definition) is 2. The van der Waals surface area contributed by atoms with Crippen LogP contribution in [0, 0.1) is 0 Å². The van der Waals surface area contributed by atoms with Crippen molar-refractivity contribution < 1.29 is 0 Å². The number of para-hydroxylation sites is 2. The monoisotopic (exact) mass is 1030 g/mol. The summed E-state index contributed by atoms with van der Waals surface area (Å²) in [5.74, 6) is 0. The highest BCUT2D eigenvalue weighted by molar-refractivity contribution is 7.00. The molecular weight excluding hydrogens is 976 g/mol. The van der Waals surface area contributed by atoms with Gasteiger partial charge in [-0.2, -0.15) is 0 Å². The third-order valence-corrected chi connectivity index (χ3v) is 16.9. The molecule has 0 radical (unpaired) electrons. The molecule has 15 rings (SSSR count). The van der Waals surface area contributed by atoms with E-state index >= 15 is 0 Å². The molecule has 13 aromatic carbocycles. The minimum atomic E-state index is -0.240. The molecule has 0 bridgehead atoms. The van der Waals surface area contributed by atoms with E-state index in [4.69, 9.17) is 0 Å². The summed E-state index contributed by atoms with van der Waals surface area (Å²) in [7, 11) is 0. The summed E-state index contributed by atoms with van der Waals surface area (Å²) in [4.78, 5) is 5.32. The summed E-state index contributed by atoms with van der Waals surface area (Å²) in [6.07, 6.45) is 0. The van der Waals surface area contributed by atoms with Gasteiger partial charge < -0.3 is 9.80 Å². The van der Waals surface area contributed by atoms with Crippen LogP contribution in [0.4, 0.5) is 34.1 Å². The lowest BCUT2D eigenvalue weighted by Gasteiger charge is -2.46. The van der Waals surface area contributed by atoms with Crippen LogP contribution in [0.5, 0.6) is 0 Å². The lowest BCUT2D eigenvalue weighted by Crippen LogP contribution is -2.61. The summed E-state index contributed by atoms with van der Waals surface area (Å²) < 4.78 is 0. The van der Waals surface area contributed by atoms with E-state index in [-0.39, 0.29) is 12.1 Å². The zero-order chi connectivity index (χ0) is 54.2. The summed E-state index contributed by atoms with van der Waals surface area (Å²) in [6.45, 7) is 6.97. The van der Waals surface area contributed by atoms with Crippen molar-refractivity contribution in [3.63, 3.8) is 0 Å². The molecule has 2 nitrogen and oxygen atoms in total. The normalized spacial score (nSPS) is 12.6. The van der Waals surface area contributed by atoms with Crippen LogP contribution in [0.3, 0.4) is 0 Å². The number of fused-ring (bicyclic) bond motifs is 6. The SMILES string of the molecule is CC(C)(C)c1cc2c3c(c1)N(c1c(-c4ccccc4)cccc1-c1ccccc1)c1cc(-c4ccc5cc6ccccc6cc5c4)ccc1B3c1cc(-c3ccccc3)ccc1N2c1c(-c2ccccc2)cccc1-c1ccccc1. The first kappa shape index (κ1) is 48.2. The fourth-order valence-corrected chi connectivity index (χ4v) is 13.0. The van der Waals surface area contributed by atoms with Gasteiger partial charge in [-0.25, -0.2) is 0 Å². The van der Waals surface area contributed by atoms with Gasteiger partial charge in [-0.15, -0.1) is 0 Å². The third kappa shape index (κ3) is 8.27. The fourth-order valence-electron chi connectivity index (χ4n) is 13.0. The van der Waals surface area contributed by atoms with Gasteiger partial charge in [0.1, 0.15) is 0 Å². The molecule has 0 fully saturated rings. The fraction of sp³-hybridized carbons (Fsp3) is 0.0513. The second-order valence-corrected chi connectivity index (χ2v) is 22.8. The lowest BCUT2D eigenvalue weighted by atomic mass is 9.33. The predicted molar refractivity (Wildman–Crippen MR) is 347 cm³/mol. The molecule has 2 heterocycles. The molecule has 13 aromatic rings. The molecule has 0 amide bonds. The minimum Gasteiger partial charge on any atom is -0.310 e. The molecule has 0 atom stereocenters. The van der Waals surface area contributed by atoms with E-state index < -0.39 is 0 Å². The van der Waals surface area contributed by atoms with E-state index in [0.29, 0.717) is 0 Å². The number of nitrogens with zero attached hydrogens (tertiary/aromatic N) is 2. The van der Waals surface area contributed by atoms with Gasteiger partial charge in [0.25, 0.3) is 6.71 Å². The van der Waals surface area contributed by atoms with Crippen molar-refractivity contribution in [2.24, 2.45) is 0 Å². The molecule has 0 unspecified atom stereocenters. The van der Waals surface area contributed by atoms with Crippen LogP contribution in [0.1, 0.15) is 26.3 Å². The molecule has 0 aliphatic carbocycles. The number of rotatable bonds is 8. The van der Waals surface area contributed by atoms with Gasteiger partial charge >= 0.3 is 0 Å². The highest BCUT2D eigenvalue weighted by Gasteiger charge is 2.46.